The Morgan fingerprint density at radius 3 is 2.19 bits per heavy atom. The van der Waals surface area contributed by atoms with Crippen LogP contribution in [-0.4, -0.2) is 63.9 Å². The summed E-state index contributed by atoms with van der Waals surface area (Å²) in [7, 11) is -7.29. The highest BCUT2D eigenvalue weighted by atomic mass is 32.2. The Morgan fingerprint density at radius 2 is 1.58 bits per heavy atom. The Labute approximate surface area is 184 Å². The summed E-state index contributed by atoms with van der Waals surface area (Å²) in [6.07, 6.45) is -0.161. The standard InChI is InChI=1S/C21H27N3O5S2/c1-17-8-9-20(18(2)16-17)31(28,29)24-13-11-23(12-14-24)21(25)10-15-30(26,27)22-19-6-4-3-5-7-19/h3-9,16,22H,10-15H2,1-2H3. The minimum Gasteiger partial charge on any atom is -0.340 e. The van der Waals surface area contributed by atoms with E-state index in [1.54, 1.807) is 49.4 Å². The number of amides is 1. The fourth-order valence-corrected chi connectivity index (χ4v) is 6.19. The third-order valence-electron chi connectivity index (χ3n) is 5.17. The number of sulfonamides is 2. The van der Waals surface area contributed by atoms with E-state index < -0.39 is 20.0 Å². The van der Waals surface area contributed by atoms with E-state index in [1.165, 1.54) is 9.21 Å². The zero-order chi connectivity index (χ0) is 22.6. The molecule has 0 radical (unpaired) electrons. The van der Waals surface area contributed by atoms with Crippen LogP contribution in [0.1, 0.15) is 17.5 Å². The lowest BCUT2D eigenvalue weighted by Gasteiger charge is -2.34. The van der Waals surface area contributed by atoms with Crippen LogP contribution in [0.4, 0.5) is 5.69 Å². The van der Waals surface area contributed by atoms with Gasteiger partial charge in [0, 0.05) is 38.3 Å². The molecule has 0 bridgehead atoms. The summed E-state index contributed by atoms with van der Waals surface area (Å²) in [6, 6.07) is 13.7. The molecule has 0 spiro atoms. The van der Waals surface area contributed by atoms with Crippen LogP contribution in [0, 0.1) is 13.8 Å². The summed E-state index contributed by atoms with van der Waals surface area (Å²) in [5.74, 6) is -0.635. The van der Waals surface area contributed by atoms with Crippen LogP contribution >= 0.6 is 0 Å². The minimum absolute atomic E-state index is 0.161. The number of hydrogen-bond acceptors (Lipinski definition) is 5. The number of rotatable bonds is 7. The number of anilines is 1. The van der Waals surface area contributed by atoms with Gasteiger partial charge in [0.25, 0.3) is 0 Å². The quantitative estimate of drug-likeness (QED) is 0.673. The first-order valence-electron chi connectivity index (χ1n) is 9.99. The van der Waals surface area contributed by atoms with Crippen molar-refractivity contribution in [1.29, 1.82) is 0 Å². The molecular formula is C21H27N3O5S2. The van der Waals surface area contributed by atoms with Crippen LogP contribution in [0.25, 0.3) is 0 Å². The molecule has 168 valence electrons. The van der Waals surface area contributed by atoms with Crippen molar-refractivity contribution in [3.63, 3.8) is 0 Å². The van der Waals surface area contributed by atoms with Crippen molar-refractivity contribution in [2.75, 3.05) is 36.7 Å². The summed E-state index contributed by atoms with van der Waals surface area (Å²) in [6.45, 7) is 4.49. The van der Waals surface area contributed by atoms with E-state index in [2.05, 4.69) is 4.72 Å². The third-order valence-corrected chi connectivity index (χ3v) is 8.52. The average Bonchev–Trinajstić information content (AvgIpc) is 2.72. The lowest BCUT2D eigenvalue weighted by atomic mass is 10.2. The van der Waals surface area contributed by atoms with Crippen molar-refractivity contribution in [2.45, 2.75) is 25.2 Å². The Kier molecular flexibility index (Phi) is 7.03. The Hall–Kier alpha value is -2.43. The summed E-state index contributed by atoms with van der Waals surface area (Å²) in [5.41, 5.74) is 2.12. The maximum Gasteiger partial charge on any atom is 0.243 e. The largest absolute Gasteiger partial charge is 0.340 e. The molecule has 2 aromatic rings. The lowest BCUT2D eigenvalue weighted by Crippen LogP contribution is -2.50. The van der Waals surface area contributed by atoms with Gasteiger partial charge in [0.2, 0.25) is 26.0 Å². The molecule has 8 nitrogen and oxygen atoms in total. The molecule has 10 heteroatoms. The van der Waals surface area contributed by atoms with Gasteiger partial charge in [-0.3, -0.25) is 9.52 Å². The normalized spacial score (nSPS) is 15.6. The van der Waals surface area contributed by atoms with Gasteiger partial charge in [-0.2, -0.15) is 4.31 Å². The van der Waals surface area contributed by atoms with Gasteiger partial charge in [-0.15, -0.1) is 0 Å². The van der Waals surface area contributed by atoms with E-state index in [0.717, 1.165) is 5.56 Å². The van der Waals surface area contributed by atoms with Crippen molar-refractivity contribution in [2.24, 2.45) is 0 Å². The number of piperazine rings is 1. The second-order valence-electron chi connectivity index (χ2n) is 7.59. The monoisotopic (exact) mass is 465 g/mol. The van der Waals surface area contributed by atoms with Crippen molar-refractivity contribution >= 4 is 31.6 Å². The van der Waals surface area contributed by atoms with Gasteiger partial charge >= 0.3 is 0 Å². The fraction of sp³-hybridized carbons (Fsp3) is 0.381. The molecular weight excluding hydrogens is 438 g/mol. The summed E-state index contributed by atoms with van der Waals surface area (Å²) >= 11 is 0. The highest BCUT2D eigenvalue weighted by Crippen LogP contribution is 2.22. The second-order valence-corrected chi connectivity index (χ2v) is 11.3. The molecule has 1 saturated heterocycles. The van der Waals surface area contributed by atoms with Gasteiger partial charge in [-0.05, 0) is 37.6 Å². The SMILES string of the molecule is Cc1ccc(S(=O)(=O)N2CCN(C(=O)CCS(=O)(=O)Nc3ccccc3)CC2)c(C)c1. The molecule has 31 heavy (non-hydrogen) atoms. The van der Waals surface area contributed by atoms with Crippen molar-refractivity contribution in [1.82, 2.24) is 9.21 Å². The zero-order valence-corrected chi connectivity index (χ0v) is 19.2. The topological polar surface area (TPSA) is 104 Å². The van der Waals surface area contributed by atoms with Gasteiger partial charge in [-0.1, -0.05) is 35.9 Å². The number of para-hydroxylation sites is 1. The second kappa shape index (κ2) is 9.37. The molecule has 0 unspecified atom stereocenters. The van der Waals surface area contributed by atoms with Crippen LogP contribution in [0.2, 0.25) is 0 Å². The lowest BCUT2D eigenvalue weighted by molar-refractivity contribution is -0.131. The molecule has 1 fully saturated rings. The maximum absolute atomic E-state index is 13.0. The third kappa shape index (κ3) is 5.84. The van der Waals surface area contributed by atoms with E-state index in [0.29, 0.717) is 11.3 Å². The number of nitrogens with zero attached hydrogens (tertiary/aromatic N) is 2. The highest BCUT2D eigenvalue weighted by molar-refractivity contribution is 7.92. The molecule has 1 amide bonds. The first kappa shape index (κ1) is 23.2. The Balaban J connectivity index is 1.55. The molecule has 0 aliphatic carbocycles. The van der Waals surface area contributed by atoms with Crippen LogP contribution < -0.4 is 4.72 Å². The molecule has 2 aromatic carbocycles. The smallest absolute Gasteiger partial charge is 0.243 e. The number of hydrogen-bond donors (Lipinski definition) is 1. The number of carbonyl (C=O) groups is 1. The molecule has 3 rings (SSSR count). The van der Waals surface area contributed by atoms with E-state index in [9.17, 15) is 21.6 Å². The van der Waals surface area contributed by atoms with Crippen molar-refractivity contribution < 1.29 is 21.6 Å². The molecule has 0 atom stereocenters. The molecule has 1 aliphatic heterocycles. The van der Waals surface area contributed by atoms with Gasteiger partial charge in [0.15, 0.2) is 0 Å². The summed E-state index contributed by atoms with van der Waals surface area (Å²) in [4.78, 5) is 14.3. The van der Waals surface area contributed by atoms with E-state index in [4.69, 9.17) is 0 Å². The summed E-state index contributed by atoms with van der Waals surface area (Å²) < 4.78 is 54.2. The van der Waals surface area contributed by atoms with Gasteiger partial charge < -0.3 is 4.90 Å². The predicted octanol–water partition coefficient (Wildman–Crippen LogP) is 1.97. The predicted molar refractivity (Wildman–Crippen MR) is 120 cm³/mol. The van der Waals surface area contributed by atoms with E-state index in [-0.39, 0.29) is 49.2 Å². The average molecular weight is 466 g/mol. The Morgan fingerprint density at radius 1 is 0.935 bits per heavy atom. The number of aryl methyl sites for hydroxylation is 2. The van der Waals surface area contributed by atoms with E-state index in [1.807, 2.05) is 13.0 Å². The number of benzene rings is 2. The van der Waals surface area contributed by atoms with Crippen LogP contribution in [0.3, 0.4) is 0 Å². The molecule has 0 aromatic heterocycles. The van der Waals surface area contributed by atoms with Gasteiger partial charge in [-0.25, -0.2) is 16.8 Å². The molecule has 1 N–H and O–H groups in total. The van der Waals surface area contributed by atoms with Gasteiger partial charge in [0.05, 0.1) is 10.6 Å². The van der Waals surface area contributed by atoms with Crippen molar-refractivity contribution in [3.05, 3.63) is 59.7 Å². The zero-order valence-electron chi connectivity index (χ0n) is 17.6. The highest BCUT2D eigenvalue weighted by Gasteiger charge is 2.31. The summed E-state index contributed by atoms with van der Waals surface area (Å²) in [5, 5.41) is 0. The van der Waals surface area contributed by atoms with Crippen LogP contribution in [0.5, 0.6) is 0 Å². The molecule has 1 heterocycles. The van der Waals surface area contributed by atoms with Crippen LogP contribution in [-0.2, 0) is 24.8 Å². The number of nitrogens with one attached hydrogen (secondary N) is 1. The Bertz CT molecular complexity index is 1140. The molecule has 1 aliphatic rings. The van der Waals surface area contributed by atoms with Crippen LogP contribution in [0.15, 0.2) is 53.4 Å². The first-order chi connectivity index (χ1) is 14.6. The van der Waals surface area contributed by atoms with Gasteiger partial charge in [0.1, 0.15) is 0 Å². The molecule has 0 saturated carbocycles. The van der Waals surface area contributed by atoms with E-state index >= 15 is 0 Å². The fourth-order valence-electron chi connectivity index (χ4n) is 3.52. The maximum atomic E-state index is 13.0. The minimum atomic E-state index is -3.65. The number of carbonyl (C=O) groups excluding carboxylic acids is 1. The first-order valence-corrected chi connectivity index (χ1v) is 13.1. The van der Waals surface area contributed by atoms with Crippen molar-refractivity contribution in [3.8, 4) is 0 Å².